The van der Waals surface area contributed by atoms with E-state index in [0.717, 1.165) is 0 Å². The summed E-state index contributed by atoms with van der Waals surface area (Å²) in [5, 5.41) is 15.4. The summed E-state index contributed by atoms with van der Waals surface area (Å²) in [5.74, 6) is -1.62. The lowest BCUT2D eigenvalue weighted by molar-refractivity contribution is -0.386. The van der Waals surface area contributed by atoms with E-state index < -0.39 is 37.1 Å². The number of nitro benzene ring substituents is 1. The van der Waals surface area contributed by atoms with Gasteiger partial charge in [-0.3, -0.25) is 10.1 Å². The lowest BCUT2D eigenvalue weighted by Crippen LogP contribution is -2.14. The monoisotopic (exact) mass is 276 g/mol. The van der Waals surface area contributed by atoms with Gasteiger partial charge in [0, 0.05) is 12.1 Å². The Kier molecular flexibility index (Phi) is 3.99. The van der Waals surface area contributed by atoms with Crippen molar-refractivity contribution in [2.45, 2.75) is 4.90 Å². The Bertz CT molecular complexity index is 599. The van der Waals surface area contributed by atoms with E-state index in [1.54, 1.807) is 0 Å². The number of nitrogens with zero attached hydrogens (tertiary/aromatic N) is 1. The number of halogens is 1. The van der Waals surface area contributed by atoms with Crippen molar-refractivity contribution >= 4 is 15.7 Å². The second-order valence-corrected chi connectivity index (χ2v) is 4.68. The van der Waals surface area contributed by atoms with E-state index in [1.807, 2.05) is 0 Å². The first kappa shape index (κ1) is 14.1. The topological polar surface area (TPSA) is 113 Å². The summed E-state index contributed by atoms with van der Waals surface area (Å²) < 4.78 is 40.3. The number of benzene rings is 1. The third-order valence-electron chi connectivity index (χ3n) is 1.87. The molecule has 0 atom stereocenters. The van der Waals surface area contributed by atoms with Crippen molar-refractivity contribution < 1.29 is 22.5 Å². The standard InChI is InChI=1S/C9H9FN2O5S/c1-2-3-17-8-4-6(10)9(18(11,15)16)5-7(8)12(13)14/h2,4-5H,1,3H2,(H2,11,15,16). The Morgan fingerprint density at radius 2 is 2.17 bits per heavy atom. The molecule has 0 amide bonds. The fraction of sp³-hybridized carbons (Fsp3) is 0.111. The van der Waals surface area contributed by atoms with Gasteiger partial charge in [0.1, 0.15) is 17.3 Å². The maximum absolute atomic E-state index is 13.4. The second-order valence-electron chi connectivity index (χ2n) is 3.15. The third-order valence-corrected chi connectivity index (χ3v) is 2.80. The van der Waals surface area contributed by atoms with Gasteiger partial charge in [0.25, 0.3) is 0 Å². The zero-order valence-electron chi connectivity index (χ0n) is 9.00. The number of sulfonamides is 1. The molecule has 0 spiro atoms. The number of primary sulfonamides is 1. The van der Waals surface area contributed by atoms with Crippen LogP contribution in [0.5, 0.6) is 5.75 Å². The van der Waals surface area contributed by atoms with Crippen molar-refractivity contribution in [1.82, 2.24) is 0 Å². The summed E-state index contributed by atoms with van der Waals surface area (Å²) in [5.41, 5.74) is -0.692. The molecule has 1 aromatic rings. The van der Waals surface area contributed by atoms with Crippen LogP contribution in [0.1, 0.15) is 0 Å². The van der Waals surface area contributed by atoms with E-state index in [1.165, 1.54) is 6.08 Å². The molecule has 0 unspecified atom stereocenters. The molecule has 0 aliphatic carbocycles. The molecule has 1 aromatic carbocycles. The molecule has 1 rings (SSSR count). The quantitative estimate of drug-likeness (QED) is 0.488. The molecule has 0 bridgehead atoms. The largest absolute Gasteiger partial charge is 0.483 e. The van der Waals surface area contributed by atoms with E-state index in [2.05, 4.69) is 6.58 Å². The molecule has 98 valence electrons. The zero-order valence-corrected chi connectivity index (χ0v) is 9.81. The molecule has 9 heteroatoms. The molecular formula is C9H9FN2O5S. The van der Waals surface area contributed by atoms with Crippen LogP contribution < -0.4 is 9.88 Å². The fourth-order valence-electron chi connectivity index (χ4n) is 1.15. The number of nitrogens with two attached hydrogens (primary N) is 1. The summed E-state index contributed by atoms with van der Waals surface area (Å²) in [6.07, 6.45) is 1.30. The van der Waals surface area contributed by atoms with Gasteiger partial charge in [-0.1, -0.05) is 12.7 Å². The average molecular weight is 276 g/mol. The summed E-state index contributed by atoms with van der Waals surface area (Å²) >= 11 is 0. The first-order valence-corrected chi connectivity index (χ1v) is 6.06. The minimum Gasteiger partial charge on any atom is -0.483 e. The van der Waals surface area contributed by atoms with Crippen molar-refractivity contribution in [1.29, 1.82) is 0 Å². The van der Waals surface area contributed by atoms with Crippen LogP contribution in [-0.2, 0) is 10.0 Å². The smallest absolute Gasteiger partial charge is 0.312 e. The van der Waals surface area contributed by atoms with Gasteiger partial charge in [-0.05, 0) is 0 Å². The van der Waals surface area contributed by atoms with Crippen LogP contribution >= 0.6 is 0 Å². The number of nitro groups is 1. The predicted molar refractivity (Wildman–Crippen MR) is 60.1 cm³/mol. The lowest BCUT2D eigenvalue weighted by atomic mass is 10.3. The van der Waals surface area contributed by atoms with E-state index in [0.29, 0.717) is 12.1 Å². The number of hydrogen-bond donors (Lipinski definition) is 1. The van der Waals surface area contributed by atoms with E-state index in [4.69, 9.17) is 9.88 Å². The van der Waals surface area contributed by atoms with E-state index in [-0.39, 0.29) is 6.61 Å². The Hall–Kier alpha value is -2.00. The van der Waals surface area contributed by atoms with Crippen LogP contribution in [0, 0.1) is 15.9 Å². The zero-order chi connectivity index (χ0) is 13.9. The van der Waals surface area contributed by atoms with Gasteiger partial charge in [0.2, 0.25) is 10.0 Å². The predicted octanol–water partition coefficient (Wildman–Crippen LogP) is 0.946. The van der Waals surface area contributed by atoms with Gasteiger partial charge in [0.05, 0.1) is 4.92 Å². The highest BCUT2D eigenvalue weighted by molar-refractivity contribution is 7.89. The highest BCUT2D eigenvalue weighted by Crippen LogP contribution is 2.31. The molecule has 0 fully saturated rings. The molecule has 0 aliphatic rings. The molecule has 0 radical (unpaired) electrons. The van der Waals surface area contributed by atoms with Crippen molar-refractivity contribution in [3.05, 3.63) is 40.7 Å². The molecule has 0 heterocycles. The Morgan fingerprint density at radius 3 is 2.61 bits per heavy atom. The maximum Gasteiger partial charge on any atom is 0.312 e. The van der Waals surface area contributed by atoms with Gasteiger partial charge in [-0.15, -0.1) is 0 Å². The van der Waals surface area contributed by atoms with E-state index >= 15 is 0 Å². The molecule has 0 aliphatic heterocycles. The molecule has 2 N–H and O–H groups in total. The minimum absolute atomic E-state index is 0.0883. The molecule has 0 aromatic heterocycles. The molecular weight excluding hydrogens is 267 g/mol. The van der Waals surface area contributed by atoms with Crippen LogP contribution in [-0.4, -0.2) is 19.9 Å². The van der Waals surface area contributed by atoms with Crippen LogP contribution in [0.15, 0.2) is 29.7 Å². The van der Waals surface area contributed by atoms with Crippen LogP contribution in [0.4, 0.5) is 10.1 Å². The summed E-state index contributed by atoms with van der Waals surface area (Å²) in [6.45, 7) is 3.24. The Balaban J connectivity index is 3.44. The molecule has 0 saturated carbocycles. The number of rotatable bonds is 5. The van der Waals surface area contributed by atoms with Crippen molar-refractivity contribution in [2.75, 3.05) is 6.61 Å². The molecule has 18 heavy (non-hydrogen) atoms. The number of ether oxygens (including phenoxy) is 1. The summed E-state index contributed by atoms with van der Waals surface area (Å²) in [7, 11) is -4.38. The minimum atomic E-state index is -4.38. The van der Waals surface area contributed by atoms with Crippen molar-refractivity contribution in [3.8, 4) is 5.75 Å². The van der Waals surface area contributed by atoms with Gasteiger partial charge in [-0.25, -0.2) is 17.9 Å². The highest BCUT2D eigenvalue weighted by Gasteiger charge is 2.24. The Morgan fingerprint density at radius 1 is 1.56 bits per heavy atom. The fourth-order valence-corrected chi connectivity index (χ4v) is 1.76. The van der Waals surface area contributed by atoms with Gasteiger partial charge < -0.3 is 4.74 Å². The van der Waals surface area contributed by atoms with E-state index in [9.17, 15) is 22.9 Å². The van der Waals surface area contributed by atoms with Gasteiger partial charge in [0.15, 0.2) is 5.75 Å². The third kappa shape index (κ3) is 3.02. The average Bonchev–Trinajstić information content (AvgIpc) is 2.23. The van der Waals surface area contributed by atoms with Crippen molar-refractivity contribution in [2.24, 2.45) is 5.14 Å². The van der Waals surface area contributed by atoms with Crippen molar-refractivity contribution in [3.63, 3.8) is 0 Å². The molecule has 0 saturated heterocycles. The second kappa shape index (κ2) is 5.10. The SMILES string of the molecule is C=CCOc1cc(F)c(S(N)(=O)=O)cc1[N+](=O)[O-]. The van der Waals surface area contributed by atoms with Gasteiger partial charge in [-0.2, -0.15) is 0 Å². The first-order chi connectivity index (χ1) is 8.27. The number of hydrogen-bond acceptors (Lipinski definition) is 5. The summed E-state index contributed by atoms with van der Waals surface area (Å²) in [6, 6.07) is 1.12. The molecule has 7 nitrogen and oxygen atoms in total. The van der Waals surface area contributed by atoms with Crippen LogP contribution in [0.2, 0.25) is 0 Å². The Labute approximate surface area is 102 Å². The highest BCUT2D eigenvalue weighted by atomic mass is 32.2. The maximum atomic E-state index is 13.4. The lowest BCUT2D eigenvalue weighted by Gasteiger charge is -2.06. The van der Waals surface area contributed by atoms with Crippen LogP contribution in [0.25, 0.3) is 0 Å². The van der Waals surface area contributed by atoms with Crippen LogP contribution in [0.3, 0.4) is 0 Å². The van der Waals surface area contributed by atoms with Gasteiger partial charge >= 0.3 is 5.69 Å². The first-order valence-electron chi connectivity index (χ1n) is 4.51. The normalized spacial score (nSPS) is 11.0. The summed E-state index contributed by atoms with van der Waals surface area (Å²) in [4.78, 5) is 8.86.